The first-order chi connectivity index (χ1) is 12.3. The molecule has 0 aliphatic carbocycles. The number of benzene rings is 1. The first-order valence-electron chi connectivity index (χ1n) is 8.07. The van der Waals surface area contributed by atoms with E-state index < -0.39 is 5.97 Å². The van der Waals surface area contributed by atoms with Gasteiger partial charge in [0.2, 0.25) is 5.76 Å². The molecule has 5 heteroatoms. The minimum absolute atomic E-state index is 0.182. The van der Waals surface area contributed by atoms with Crippen molar-refractivity contribution in [1.29, 1.82) is 0 Å². The molecule has 0 atom stereocenters. The van der Waals surface area contributed by atoms with Crippen LogP contribution in [0.3, 0.4) is 0 Å². The van der Waals surface area contributed by atoms with E-state index in [4.69, 9.17) is 14.1 Å². The van der Waals surface area contributed by atoms with Gasteiger partial charge >= 0.3 is 5.97 Å². The maximum Gasteiger partial charge on any atom is 0.374 e. The zero-order valence-corrected chi connectivity index (χ0v) is 13.7. The van der Waals surface area contributed by atoms with Crippen LogP contribution in [-0.4, -0.2) is 22.0 Å². The van der Waals surface area contributed by atoms with Crippen molar-refractivity contribution in [3.63, 3.8) is 0 Å². The number of hydrogen-bond acceptors (Lipinski definition) is 4. The van der Waals surface area contributed by atoms with E-state index >= 15 is 0 Å². The molecule has 0 amide bonds. The van der Waals surface area contributed by atoms with Gasteiger partial charge in [-0.2, -0.15) is 0 Å². The summed E-state index contributed by atoms with van der Waals surface area (Å²) >= 11 is 0. The lowest BCUT2D eigenvalue weighted by atomic mass is 10.1. The zero-order valence-electron chi connectivity index (χ0n) is 13.7. The van der Waals surface area contributed by atoms with Gasteiger partial charge in [0.15, 0.2) is 5.76 Å². The van der Waals surface area contributed by atoms with Gasteiger partial charge in [0.25, 0.3) is 0 Å². The molecule has 5 nitrogen and oxygen atoms in total. The monoisotopic (exact) mass is 332 g/mol. The smallest absolute Gasteiger partial charge is 0.374 e. The predicted molar refractivity (Wildman–Crippen MR) is 94.3 cm³/mol. The van der Waals surface area contributed by atoms with E-state index in [1.54, 1.807) is 19.1 Å². The van der Waals surface area contributed by atoms with Crippen molar-refractivity contribution in [1.82, 2.24) is 9.38 Å². The molecule has 1 aromatic carbocycles. The Morgan fingerprint density at radius 1 is 1.08 bits per heavy atom. The topological polar surface area (TPSA) is 56.7 Å². The van der Waals surface area contributed by atoms with Crippen molar-refractivity contribution >= 4 is 11.6 Å². The minimum atomic E-state index is -0.469. The van der Waals surface area contributed by atoms with Crippen LogP contribution < -0.4 is 0 Å². The van der Waals surface area contributed by atoms with Gasteiger partial charge in [-0.1, -0.05) is 36.4 Å². The molecule has 0 aliphatic heterocycles. The Bertz CT molecular complexity index is 1030. The Labute approximate surface area is 144 Å². The second kappa shape index (κ2) is 6.28. The summed E-state index contributed by atoms with van der Waals surface area (Å²) in [6, 6.07) is 19.1. The highest BCUT2D eigenvalue weighted by atomic mass is 16.5. The average Bonchev–Trinajstić information content (AvgIpc) is 3.27. The molecule has 3 heterocycles. The molecule has 124 valence electrons. The van der Waals surface area contributed by atoms with Crippen LogP contribution in [0.2, 0.25) is 0 Å². The Morgan fingerprint density at radius 2 is 1.88 bits per heavy atom. The summed E-state index contributed by atoms with van der Waals surface area (Å²) in [5, 5.41) is 0. The first kappa shape index (κ1) is 15.2. The fraction of sp³-hybridized carbons (Fsp3) is 0.100. The van der Waals surface area contributed by atoms with Gasteiger partial charge < -0.3 is 9.15 Å². The SMILES string of the molecule is CCOC(=O)c1ccc(-c2c(-c3ccccc3)nc3ccccn23)o1. The van der Waals surface area contributed by atoms with Crippen LogP contribution in [0.15, 0.2) is 71.3 Å². The van der Waals surface area contributed by atoms with Crippen molar-refractivity contribution in [2.24, 2.45) is 0 Å². The maximum absolute atomic E-state index is 11.9. The predicted octanol–water partition coefficient (Wildman–Crippen LogP) is 4.44. The van der Waals surface area contributed by atoms with Crippen molar-refractivity contribution in [2.45, 2.75) is 6.92 Å². The molecule has 0 spiro atoms. The molecule has 0 bridgehead atoms. The number of hydrogen-bond donors (Lipinski definition) is 0. The molecule has 4 rings (SSSR count). The number of fused-ring (bicyclic) bond motifs is 1. The fourth-order valence-electron chi connectivity index (χ4n) is 2.81. The summed E-state index contributed by atoms with van der Waals surface area (Å²) in [7, 11) is 0. The van der Waals surface area contributed by atoms with E-state index in [1.807, 2.05) is 59.1 Å². The molecular weight excluding hydrogens is 316 g/mol. The summed E-state index contributed by atoms with van der Waals surface area (Å²) in [6.45, 7) is 2.07. The van der Waals surface area contributed by atoms with E-state index in [2.05, 4.69) is 0 Å². The third-order valence-corrected chi connectivity index (χ3v) is 3.89. The summed E-state index contributed by atoms with van der Waals surface area (Å²) in [6.07, 6.45) is 1.93. The summed E-state index contributed by atoms with van der Waals surface area (Å²) in [5.41, 5.74) is 3.40. The second-order valence-electron chi connectivity index (χ2n) is 5.49. The number of imidazole rings is 1. The number of esters is 1. The Hall–Kier alpha value is -3.34. The minimum Gasteiger partial charge on any atom is -0.460 e. The molecule has 0 fully saturated rings. The summed E-state index contributed by atoms with van der Waals surface area (Å²) in [5.74, 6) is 0.284. The standard InChI is InChI=1S/C20H16N2O3/c1-2-24-20(23)16-12-11-15(25-16)19-18(14-8-4-3-5-9-14)21-17-10-6-7-13-22(17)19/h3-13H,2H2,1H3. The fourth-order valence-corrected chi connectivity index (χ4v) is 2.81. The number of aromatic nitrogens is 2. The van der Waals surface area contributed by atoms with Crippen LogP contribution in [0.5, 0.6) is 0 Å². The van der Waals surface area contributed by atoms with Crippen LogP contribution in [0, 0.1) is 0 Å². The molecule has 25 heavy (non-hydrogen) atoms. The van der Waals surface area contributed by atoms with Crippen molar-refractivity contribution in [2.75, 3.05) is 6.61 Å². The highest BCUT2D eigenvalue weighted by molar-refractivity contribution is 5.88. The van der Waals surface area contributed by atoms with Crippen molar-refractivity contribution in [3.8, 4) is 22.7 Å². The third kappa shape index (κ3) is 2.70. The molecular formula is C20H16N2O3. The molecule has 0 saturated carbocycles. The average molecular weight is 332 g/mol. The van der Waals surface area contributed by atoms with Gasteiger partial charge in [0.05, 0.1) is 6.61 Å². The van der Waals surface area contributed by atoms with Crippen LogP contribution >= 0.6 is 0 Å². The number of carbonyl (C=O) groups is 1. The van der Waals surface area contributed by atoms with Crippen LogP contribution in [0.4, 0.5) is 0 Å². The number of ether oxygens (including phenoxy) is 1. The number of carbonyl (C=O) groups excluding carboxylic acids is 1. The van der Waals surface area contributed by atoms with Crippen LogP contribution in [-0.2, 0) is 4.74 Å². The number of nitrogens with zero attached hydrogens (tertiary/aromatic N) is 2. The van der Waals surface area contributed by atoms with Gasteiger partial charge in [-0.15, -0.1) is 0 Å². The molecule has 0 unspecified atom stereocenters. The van der Waals surface area contributed by atoms with Gasteiger partial charge in [-0.25, -0.2) is 9.78 Å². The summed E-state index contributed by atoms with van der Waals surface area (Å²) in [4.78, 5) is 16.6. The lowest BCUT2D eigenvalue weighted by Gasteiger charge is -2.03. The second-order valence-corrected chi connectivity index (χ2v) is 5.49. The lowest BCUT2D eigenvalue weighted by Crippen LogP contribution is -2.02. The number of rotatable bonds is 4. The van der Waals surface area contributed by atoms with E-state index in [0.717, 1.165) is 22.6 Å². The Morgan fingerprint density at radius 3 is 2.68 bits per heavy atom. The highest BCUT2D eigenvalue weighted by Gasteiger charge is 2.20. The van der Waals surface area contributed by atoms with Gasteiger partial charge in [0.1, 0.15) is 17.0 Å². The lowest BCUT2D eigenvalue weighted by molar-refractivity contribution is 0.0491. The maximum atomic E-state index is 11.9. The van der Waals surface area contributed by atoms with Gasteiger partial charge in [0, 0.05) is 11.8 Å². The van der Waals surface area contributed by atoms with Gasteiger partial charge in [-0.3, -0.25) is 4.40 Å². The molecule has 3 aromatic heterocycles. The van der Waals surface area contributed by atoms with Crippen molar-refractivity contribution in [3.05, 3.63) is 72.6 Å². The molecule has 0 aliphatic rings. The number of furan rings is 1. The van der Waals surface area contributed by atoms with Crippen molar-refractivity contribution < 1.29 is 13.9 Å². The zero-order chi connectivity index (χ0) is 17.2. The third-order valence-electron chi connectivity index (χ3n) is 3.89. The largest absolute Gasteiger partial charge is 0.460 e. The summed E-state index contributed by atoms with van der Waals surface area (Å²) < 4.78 is 12.7. The molecule has 4 aromatic rings. The normalized spacial score (nSPS) is 10.9. The van der Waals surface area contributed by atoms with E-state index in [1.165, 1.54) is 0 Å². The molecule has 0 N–H and O–H groups in total. The first-order valence-corrected chi connectivity index (χ1v) is 8.07. The van der Waals surface area contributed by atoms with E-state index in [-0.39, 0.29) is 5.76 Å². The van der Waals surface area contributed by atoms with Gasteiger partial charge in [-0.05, 0) is 31.2 Å². The van der Waals surface area contributed by atoms with E-state index in [0.29, 0.717) is 12.4 Å². The highest BCUT2D eigenvalue weighted by Crippen LogP contribution is 2.33. The van der Waals surface area contributed by atoms with Crippen LogP contribution in [0.25, 0.3) is 28.4 Å². The van der Waals surface area contributed by atoms with Crippen LogP contribution in [0.1, 0.15) is 17.5 Å². The Kier molecular flexibility index (Phi) is 3.82. The molecule has 0 radical (unpaired) electrons. The quantitative estimate of drug-likeness (QED) is 0.519. The molecule has 0 saturated heterocycles. The van der Waals surface area contributed by atoms with E-state index in [9.17, 15) is 4.79 Å². The Balaban J connectivity index is 1.90. The number of pyridine rings is 1.